The lowest BCUT2D eigenvalue weighted by atomic mass is 10.0. The number of benzene rings is 3. The van der Waals surface area contributed by atoms with Crippen molar-refractivity contribution in [1.82, 2.24) is 4.90 Å². The third-order valence-electron chi connectivity index (χ3n) is 4.68. The summed E-state index contributed by atoms with van der Waals surface area (Å²) < 4.78 is 0. The molecular formula is C22H20N2OS. The molecule has 0 unspecified atom stereocenters. The van der Waals surface area contributed by atoms with Crippen molar-refractivity contribution >= 4 is 33.6 Å². The van der Waals surface area contributed by atoms with Crippen LogP contribution in [0.1, 0.15) is 21.5 Å². The van der Waals surface area contributed by atoms with E-state index in [0.717, 1.165) is 27.3 Å². The molecule has 26 heavy (non-hydrogen) atoms. The maximum Gasteiger partial charge on any atom is 0.260 e. The van der Waals surface area contributed by atoms with E-state index < -0.39 is 0 Å². The first-order valence-electron chi connectivity index (χ1n) is 8.75. The van der Waals surface area contributed by atoms with Crippen LogP contribution in [0.5, 0.6) is 0 Å². The molecule has 3 nitrogen and oxygen atoms in total. The summed E-state index contributed by atoms with van der Waals surface area (Å²) in [4.78, 5) is 19.6. The van der Waals surface area contributed by atoms with Crippen LogP contribution >= 0.6 is 11.8 Å². The summed E-state index contributed by atoms with van der Waals surface area (Å²) in [6.07, 6.45) is 0. The van der Waals surface area contributed by atoms with Gasteiger partial charge in [-0.2, -0.15) is 0 Å². The predicted molar refractivity (Wildman–Crippen MR) is 110 cm³/mol. The van der Waals surface area contributed by atoms with Crippen molar-refractivity contribution in [1.29, 1.82) is 0 Å². The van der Waals surface area contributed by atoms with Gasteiger partial charge in [-0.3, -0.25) is 14.7 Å². The van der Waals surface area contributed by atoms with E-state index in [-0.39, 0.29) is 5.91 Å². The number of amides is 1. The van der Waals surface area contributed by atoms with Gasteiger partial charge in [-0.05, 0) is 34.9 Å². The van der Waals surface area contributed by atoms with Crippen LogP contribution in [0, 0.1) is 6.92 Å². The number of carbonyl (C=O) groups is 1. The minimum Gasteiger partial charge on any atom is -0.286 e. The Labute approximate surface area is 157 Å². The highest BCUT2D eigenvalue weighted by Gasteiger charge is 2.26. The molecule has 0 atom stereocenters. The highest BCUT2D eigenvalue weighted by Crippen LogP contribution is 2.25. The van der Waals surface area contributed by atoms with Crippen molar-refractivity contribution in [3.63, 3.8) is 0 Å². The number of hydrogen-bond donors (Lipinski definition) is 0. The Kier molecular flexibility index (Phi) is 4.76. The minimum absolute atomic E-state index is 0.0373. The number of rotatable bonds is 3. The Hall–Kier alpha value is -2.59. The lowest BCUT2D eigenvalue weighted by molar-refractivity contribution is 0.0862. The second-order valence-electron chi connectivity index (χ2n) is 6.36. The molecule has 3 aromatic carbocycles. The van der Waals surface area contributed by atoms with E-state index in [1.165, 1.54) is 11.1 Å². The first-order chi connectivity index (χ1) is 12.7. The number of aliphatic imine (C=N–C) groups is 1. The molecule has 130 valence electrons. The van der Waals surface area contributed by atoms with Crippen molar-refractivity contribution in [3.05, 3.63) is 83.4 Å². The second kappa shape index (κ2) is 7.34. The molecule has 0 radical (unpaired) electrons. The smallest absolute Gasteiger partial charge is 0.260 e. The standard InChI is InChI=1S/C22H20N2OS/c1-16-7-2-3-9-18(16)15-26-22-23-13-14-24(22)21(25)20-12-6-10-17-8-4-5-11-19(17)20/h2-12H,13-15H2,1H3. The normalized spacial score (nSPS) is 13.9. The fraction of sp³-hybridized carbons (Fsp3) is 0.182. The monoisotopic (exact) mass is 360 g/mol. The molecule has 4 heteroatoms. The molecule has 0 N–H and O–H groups in total. The number of aryl methyl sites for hydroxylation is 1. The number of hydrogen-bond acceptors (Lipinski definition) is 3. The van der Waals surface area contributed by atoms with E-state index in [1.54, 1.807) is 11.8 Å². The summed E-state index contributed by atoms with van der Waals surface area (Å²) >= 11 is 1.64. The molecule has 1 aliphatic rings. The molecule has 1 aliphatic heterocycles. The first-order valence-corrected chi connectivity index (χ1v) is 9.74. The quantitative estimate of drug-likeness (QED) is 0.666. The molecule has 0 bridgehead atoms. The molecule has 1 heterocycles. The van der Waals surface area contributed by atoms with Crippen LogP contribution in [0.15, 0.2) is 71.7 Å². The molecule has 1 amide bonds. The zero-order valence-corrected chi connectivity index (χ0v) is 15.5. The largest absolute Gasteiger partial charge is 0.286 e. The SMILES string of the molecule is Cc1ccccc1CSC1=NCCN1C(=O)c1cccc2ccccc12. The highest BCUT2D eigenvalue weighted by molar-refractivity contribution is 8.13. The lowest BCUT2D eigenvalue weighted by Crippen LogP contribution is -2.33. The Bertz CT molecular complexity index is 991. The van der Waals surface area contributed by atoms with Crippen LogP contribution in [0.2, 0.25) is 0 Å². The zero-order chi connectivity index (χ0) is 17.9. The van der Waals surface area contributed by atoms with E-state index in [1.807, 2.05) is 53.4 Å². The first kappa shape index (κ1) is 16.9. The highest BCUT2D eigenvalue weighted by atomic mass is 32.2. The third-order valence-corrected chi connectivity index (χ3v) is 5.75. The van der Waals surface area contributed by atoms with Crippen LogP contribution in [0.3, 0.4) is 0 Å². The number of fused-ring (bicyclic) bond motifs is 1. The molecule has 4 rings (SSSR count). The third kappa shape index (κ3) is 3.25. The van der Waals surface area contributed by atoms with Crippen LogP contribution in [-0.2, 0) is 5.75 Å². The Morgan fingerprint density at radius 3 is 2.69 bits per heavy atom. The summed E-state index contributed by atoms with van der Waals surface area (Å²) in [5, 5.41) is 2.91. The van der Waals surface area contributed by atoms with Crippen molar-refractivity contribution in [2.24, 2.45) is 4.99 Å². The Morgan fingerprint density at radius 2 is 1.81 bits per heavy atom. The van der Waals surface area contributed by atoms with Crippen molar-refractivity contribution in [2.75, 3.05) is 13.1 Å². The average molecular weight is 360 g/mol. The van der Waals surface area contributed by atoms with Gasteiger partial charge in [0.1, 0.15) is 0 Å². The number of amidine groups is 1. The lowest BCUT2D eigenvalue weighted by Gasteiger charge is -2.19. The fourth-order valence-electron chi connectivity index (χ4n) is 3.21. The summed E-state index contributed by atoms with van der Waals surface area (Å²) in [5.41, 5.74) is 3.30. The number of nitrogens with zero attached hydrogens (tertiary/aromatic N) is 2. The van der Waals surface area contributed by atoms with Crippen LogP contribution in [-0.4, -0.2) is 29.1 Å². The van der Waals surface area contributed by atoms with E-state index >= 15 is 0 Å². The maximum atomic E-state index is 13.2. The molecular weight excluding hydrogens is 340 g/mol. The number of carbonyl (C=O) groups excluding carboxylic acids is 1. The molecule has 0 saturated heterocycles. The molecule has 3 aromatic rings. The van der Waals surface area contributed by atoms with Gasteiger partial charge >= 0.3 is 0 Å². The van der Waals surface area contributed by atoms with Gasteiger partial charge in [-0.15, -0.1) is 0 Å². The van der Waals surface area contributed by atoms with Crippen molar-refractivity contribution in [2.45, 2.75) is 12.7 Å². The molecule has 0 spiro atoms. The molecule has 0 aromatic heterocycles. The van der Waals surface area contributed by atoms with Crippen molar-refractivity contribution < 1.29 is 4.79 Å². The van der Waals surface area contributed by atoms with Gasteiger partial charge in [0.2, 0.25) is 0 Å². The Morgan fingerprint density at radius 1 is 1.04 bits per heavy atom. The summed E-state index contributed by atoms with van der Waals surface area (Å²) in [5.74, 6) is 0.862. The zero-order valence-electron chi connectivity index (χ0n) is 14.7. The summed E-state index contributed by atoms with van der Waals surface area (Å²) in [6, 6.07) is 22.3. The fourth-order valence-corrected chi connectivity index (χ4v) is 4.33. The maximum absolute atomic E-state index is 13.2. The molecule has 0 saturated carbocycles. The predicted octanol–water partition coefficient (Wildman–Crippen LogP) is 4.89. The van der Waals surface area contributed by atoms with E-state index in [0.29, 0.717) is 13.1 Å². The minimum atomic E-state index is 0.0373. The van der Waals surface area contributed by atoms with Gasteiger partial charge in [0, 0.05) is 17.9 Å². The summed E-state index contributed by atoms with van der Waals surface area (Å²) in [6.45, 7) is 3.44. The summed E-state index contributed by atoms with van der Waals surface area (Å²) in [7, 11) is 0. The van der Waals surface area contributed by atoms with Crippen molar-refractivity contribution in [3.8, 4) is 0 Å². The van der Waals surface area contributed by atoms with Crippen LogP contribution in [0.25, 0.3) is 10.8 Å². The van der Waals surface area contributed by atoms with Crippen LogP contribution in [0.4, 0.5) is 0 Å². The Balaban J connectivity index is 1.56. The van der Waals surface area contributed by atoms with E-state index in [9.17, 15) is 4.79 Å². The van der Waals surface area contributed by atoms with Gasteiger partial charge < -0.3 is 0 Å². The average Bonchev–Trinajstić information content (AvgIpc) is 3.15. The van der Waals surface area contributed by atoms with Gasteiger partial charge in [-0.25, -0.2) is 0 Å². The topological polar surface area (TPSA) is 32.7 Å². The van der Waals surface area contributed by atoms with E-state index in [4.69, 9.17) is 0 Å². The second-order valence-corrected chi connectivity index (χ2v) is 7.31. The molecule has 0 fully saturated rings. The van der Waals surface area contributed by atoms with Gasteiger partial charge in [0.15, 0.2) is 5.17 Å². The van der Waals surface area contributed by atoms with Gasteiger partial charge in [-0.1, -0.05) is 72.4 Å². The van der Waals surface area contributed by atoms with Gasteiger partial charge in [0.05, 0.1) is 6.54 Å². The van der Waals surface area contributed by atoms with Crippen LogP contribution < -0.4 is 0 Å². The number of thioether (sulfide) groups is 1. The van der Waals surface area contributed by atoms with E-state index in [2.05, 4.69) is 30.1 Å². The molecule has 0 aliphatic carbocycles. The van der Waals surface area contributed by atoms with Gasteiger partial charge in [0.25, 0.3) is 5.91 Å².